The van der Waals surface area contributed by atoms with Gasteiger partial charge in [-0.1, -0.05) is 11.6 Å². The molecule has 6 heteroatoms. The molecule has 120 valence electrons. The molecular formula is C17H19ClN4O. The van der Waals surface area contributed by atoms with Crippen LogP contribution in [0.25, 0.3) is 6.08 Å². The Kier molecular flexibility index (Phi) is 3.83. The Morgan fingerprint density at radius 2 is 2.35 bits per heavy atom. The fraction of sp³-hybridized carbons (Fsp3) is 0.412. The normalized spacial score (nSPS) is 21.0. The predicted octanol–water partition coefficient (Wildman–Crippen LogP) is 3.38. The Bertz CT molecular complexity index is 755. The molecule has 1 N–H and O–H groups in total. The molecule has 0 radical (unpaired) electrons. The van der Waals surface area contributed by atoms with Crippen LogP contribution in [0.2, 0.25) is 5.02 Å². The SMILES string of the molecule is Cc1nc([C@H]2CCCN2CC2=Cc3cc(Cl)ccc3OC2)n[nH]1. The van der Waals surface area contributed by atoms with Crippen LogP contribution in [0.1, 0.15) is 36.1 Å². The van der Waals surface area contributed by atoms with Gasteiger partial charge in [-0.2, -0.15) is 5.10 Å². The second kappa shape index (κ2) is 5.98. The van der Waals surface area contributed by atoms with E-state index in [4.69, 9.17) is 16.3 Å². The fourth-order valence-corrected chi connectivity index (χ4v) is 3.55. The lowest BCUT2D eigenvalue weighted by molar-refractivity contribution is 0.253. The molecule has 0 amide bonds. The van der Waals surface area contributed by atoms with Crippen LogP contribution in [0.4, 0.5) is 0 Å². The monoisotopic (exact) mass is 330 g/mol. The quantitative estimate of drug-likeness (QED) is 0.937. The van der Waals surface area contributed by atoms with Gasteiger partial charge in [0.15, 0.2) is 5.82 Å². The molecular weight excluding hydrogens is 312 g/mol. The molecule has 2 aromatic rings. The lowest BCUT2D eigenvalue weighted by atomic mass is 10.1. The molecule has 0 bridgehead atoms. The van der Waals surface area contributed by atoms with Gasteiger partial charge in [0.1, 0.15) is 18.2 Å². The zero-order chi connectivity index (χ0) is 15.8. The van der Waals surface area contributed by atoms with Gasteiger partial charge in [0.05, 0.1) is 6.04 Å². The molecule has 1 saturated heterocycles. The van der Waals surface area contributed by atoms with Crippen molar-refractivity contribution in [3.05, 3.63) is 46.0 Å². The second-order valence-electron chi connectivity index (χ2n) is 6.18. The number of H-pyrrole nitrogens is 1. The van der Waals surface area contributed by atoms with Gasteiger partial charge in [0.2, 0.25) is 0 Å². The highest BCUT2D eigenvalue weighted by atomic mass is 35.5. The first-order valence-corrected chi connectivity index (χ1v) is 8.31. The van der Waals surface area contributed by atoms with Gasteiger partial charge in [0.25, 0.3) is 0 Å². The maximum absolute atomic E-state index is 6.08. The number of nitrogens with one attached hydrogen (secondary N) is 1. The summed E-state index contributed by atoms with van der Waals surface area (Å²) in [5, 5.41) is 8.03. The van der Waals surface area contributed by atoms with Crippen molar-refractivity contribution in [2.75, 3.05) is 19.7 Å². The van der Waals surface area contributed by atoms with Crippen LogP contribution in [0.15, 0.2) is 23.8 Å². The summed E-state index contributed by atoms with van der Waals surface area (Å²) in [6.07, 6.45) is 4.48. The largest absolute Gasteiger partial charge is 0.489 e. The molecule has 1 aromatic carbocycles. The van der Waals surface area contributed by atoms with Gasteiger partial charge < -0.3 is 4.74 Å². The smallest absolute Gasteiger partial charge is 0.167 e. The van der Waals surface area contributed by atoms with Gasteiger partial charge in [-0.25, -0.2) is 4.98 Å². The van der Waals surface area contributed by atoms with Crippen molar-refractivity contribution in [1.29, 1.82) is 0 Å². The van der Waals surface area contributed by atoms with Crippen molar-refractivity contribution < 1.29 is 4.74 Å². The number of nitrogens with zero attached hydrogens (tertiary/aromatic N) is 3. The maximum atomic E-state index is 6.08. The molecule has 23 heavy (non-hydrogen) atoms. The van der Waals surface area contributed by atoms with Crippen LogP contribution >= 0.6 is 11.6 Å². The third-order valence-electron chi connectivity index (χ3n) is 4.43. The topological polar surface area (TPSA) is 54.0 Å². The van der Waals surface area contributed by atoms with Crippen LogP contribution in [0.5, 0.6) is 5.75 Å². The first-order chi connectivity index (χ1) is 11.2. The molecule has 0 unspecified atom stereocenters. The molecule has 1 aromatic heterocycles. The van der Waals surface area contributed by atoms with Gasteiger partial charge in [-0.15, -0.1) is 0 Å². The maximum Gasteiger partial charge on any atom is 0.167 e. The Hall–Kier alpha value is -1.85. The summed E-state index contributed by atoms with van der Waals surface area (Å²) in [5.74, 6) is 2.68. The first-order valence-electron chi connectivity index (χ1n) is 7.94. The first kappa shape index (κ1) is 14.7. The summed E-state index contributed by atoms with van der Waals surface area (Å²) < 4.78 is 5.86. The molecule has 0 aliphatic carbocycles. The van der Waals surface area contributed by atoms with Gasteiger partial charge in [-0.05, 0) is 56.2 Å². The summed E-state index contributed by atoms with van der Waals surface area (Å²) >= 11 is 6.08. The number of halogens is 1. The van der Waals surface area contributed by atoms with E-state index in [2.05, 4.69) is 26.2 Å². The molecule has 3 heterocycles. The molecule has 0 saturated carbocycles. The van der Waals surface area contributed by atoms with Crippen LogP contribution in [0, 0.1) is 6.92 Å². The van der Waals surface area contributed by atoms with Crippen molar-refractivity contribution >= 4 is 17.7 Å². The van der Waals surface area contributed by atoms with E-state index in [0.717, 1.165) is 47.5 Å². The predicted molar refractivity (Wildman–Crippen MR) is 89.6 cm³/mol. The molecule has 0 spiro atoms. The average Bonchev–Trinajstić information content (AvgIpc) is 3.15. The minimum absolute atomic E-state index is 0.293. The van der Waals surface area contributed by atoms with Crippen LogP contribution in [0.3, 0.4) is 0 Å². The highest BCUT2D eigenvalue weighted by Crippen LogP contribution is 2.33. The number of hydrogen-bond acceptors (Lipinski definition) is 4. The van der Waals surface area contributed by atoms with E-state index in [0.29, 0.717) is 12.6 Å². The third kappa shape index (κ3) is 2.99. The number of aryl methyl sites for hydroxylation is 1. The Morgan fingerprint density at radius 3 is 3.17 bits per heavy atom. The highest BCUT2D eigenvalue weighted by Gasteiger charge is 2.30. The number of hydrogen-bond donors (Lipinski definition) is 1. The Balaban J connectivity index is 1.53. The summed E-state index contributed by atoms with van der Waals surface area (Å²) in [7, 11) is 0. The number of ether oxygens (including phenoxy) is 1. The van der Waals surface area contributed by atoms with Gasteiger partial charge in [0, 0.05) is 17.1 Å². The van der Waals surface area contributed by atoms with Gasteiger partial charge >= 0.3 is 0 Å². The van der Waals surface area contributed by atoms with E-state index >= 15 is 0 Å². The fourth-order valence-electron chi connectivity index (χ4n) is 3.36. The van der Waals surface area contributed by atoms with E-state index in [9.17, 15) is 0 Å². The zero-order valence-electron chi connectivity index (χ0n) is 13.1. The summed E-state index contributed by atoms with van der Waals surface area (Å²) in [6, 6.07) is 6.04. The molecule has 2 aliphatic rings. The van der Waals surface area contributed by atoms with Crippen molar-refractivity contribution in [2.24, 2.45) is 0 Å². The standard InChI is InChI=1S/C17H19ClN4O/c1-11-19-17(21-20-11)15-3-2-6-22(15)9-12-7-13-8-14(18)4-5-16(13)23-10-12/h4-5,7-8,15H,2-3,6,9-10H2,1H3,(H,19,20,21)/t15-/m1/s1. The number of fused-ring (bicyclic) bond motifs is 1. The van der Waals surface area contributed by atoms with Crippen molar-refractivity contribution in [3.63, 3.8) is 0 Å². The third-order valence-corrected chi connectivity index (χ3v) is 4.66. The number of aromatic nitrogens is 3. The minimum Gasteiger partial charge on any atom is -0.489 e. The van der Waals surface area contributed by atoms with E-state index in [-0.39, 0.29) is 0 Å². The van der Waals surface area contributed by atoms with Crippen molar-refractivity contribution in [1.82, 2.24) is 20.1 Å². The summed E-state index contributed by atoms with van der Waals surface area (Å²) in [5.41, 5.74) is 2.32. The molecule has 2 aliphatic heterocycles. The highest BCUT2D eigenvalue weighted by molar-refractivity contribution is 6.30. The van der Waals surface area contributed by atoms with Crippen molar-refractivity contribution in [2.45, 2.75) is 25.8 Å². The van der Waals surface area contributed by atoms with E-state index in [1.807, 2.05) is 25.1 Å². The Morgan fingerprint density at radius 1 is 1.43 bits per heavy atom. The summed E-state index contributed by atoms with van der Waals surface area (Å²) in [6.45, 7) is 4.51. The van der Waals surface area contributed by atoms with E-state index in [1.54, 1.807) is 0 Å². The van der Waals surface area contributed by atoms with Crippen molar-refractivity contribution in [3.8, 4) is 5.75 Å². The van der Waals surface area contributed by atoms with Crippen LogP contribution in [-0.4, -0.2) is 39.8 Å². The molecule has 1 atom stereocenters. The lowest BCUT2D eigenvalue weighted by Gasteiger charge is -2.26. The number of aromatic amines is 1. The Labute approximate surface area is 140 Å². The number of benzene rings is 1. The second-order valence-corrected chi connectivity index (χ2v) is 6.62. The zero-order valence-corrected chi connectivity index (χ0v) is 13.8. The lowest BCUT2D eigenvalue weighted by Crippen LogP contribution is -2.28. The van der Waals surface area contributed by atoms with Crippen LogP contribution in [-0.2, 0) is 0 Å². The summed E-state index contributed by atoms with van der Waals surface area (Å²) in [4.78, 5) is 6.94. The molecule has 5 nitrogen and oxygen atoms in total. The van der Waals surface area contributed by atoms with Gasteiger partial charge in [-0.3, -0.25) is 10.00 Å². The number of rotatable bonds is 3. The van der Waals surface area contributed by atoms with Crippen LogP contribution < -0.4 is 4.74 Å². The van der Waals surface area contributed by atoms with E-state index in [1.165, 1.54) is 12.0 Å². The average molecular weight is 331 g/mol. The molecule has 4 rings (SSSR count). The minimum atomic E-state index is 0.293. The number of likely N-dealkylation sites (tertiary alicyclic amines) is 1. The van der Waals surface area contributed by atoms with E-state index < -0.39 is 0 Å². The molecule has 1 fully saturated rings.